The Morgan fingerprint density at radius 1 is 1.06 bits per heavy atom. The van der Waals surface area contributed by atoms with Crippen molar-refractivity contribution in [2.24, 2.45) is 0 Å². The van der Waals surface area contributed by atoms with Crippen molar-refractivity contribution >= 4 is 38.7 Å². The minimum atomic E-state index is -1.11. The summed E-state index contributed by atoms with van der Waals surface area (Å²) in [6.45, 7) is 1.69. The van der Waals surface area contributed by atoms with Gasteiger partial charge in [0.15, 0.2) is 0 Å². The standard InChI is InChI=1S/C26H20BrFN2O3/c1-15-23(25(31)29-14-21(26(32)33)16-7-10-19(28)11-8-16)20-13-18(27)9-12-22(20)30-24(15)17-5-3-2-4-6-17/h2-13,21H,14H2,1H3,(H,29,31)(H,32,33). The number of carboxylic acids is 1. The van der Waals surface area contributed by atoms with Crippen LogP contribution < -0.4 is 5.32 Å². The fraction of sp³-hybridized carbons (Fsp3) is 0.115. The molecule has 1 aromatic heterocycles. The van der Waals surface area contributed by atoms with E-state index in [1.165, 1.54) is 24.3 Å². The summed E-state index contributed by atoms with van der Waals surface area (Å²) in [6, 6.07) is 20.3. The van der Waals surface area contributed by atoms with Gasteiger partial charge < -0.3 is 10.4 Å². The van der Waals surface area contributed by atoms with E-state index in [-0.39, 0.29) is 6.54 Å². The first-order chi connectivity index (χ1) is 15.8. The van der Waals surface area contributed by atoms with Gasteiger partial charge in [-0.05, 0) is 48.4 Å². The zero-order valence-electron chi connectivity index (χ0n) is 17.7. The number of nitrogens with zero attached hydrogens (tertiary/aromatic N) is 1. The van der Waals surface area contributed by atoms with Gasteiger partial charge in [-0.3, -0.25) is 9.59 Å². The van der Waals surface area contributed by atoms with Crippen LogP contribution in [0.5, 0.6) is 0 Å². The normalized spacial score (nSPS) is 11.8. The topological polar surface area (TPSA) is 79.3 Å². The Morgan fingerprint density at radius 2 is 1.76 bits per heavy atom. The van der Waals surface area contributed by atoms with Crippen LogP contribution >= 0.6 is 15.9 Å². The van der Waals surface area contributed by atoms with Gasteiger partial charge in [0, 0.05) is 22.0 Å². The van der Waals surface area contributed by atoms with Crippen LogP contribution in [0.1, 0.15) is 27.4 Å². The van der Waals surface area contributed by atoms with Crippen molar-refractivity contribution in [1.82, 2.24) is 10.3 Å². The van der Waals surface area contributed by atoms with Crippen molar-refractivity contribution in [2.45, 2.75) is 12.8 Å². The smallest absolute Gasteiger partial charge is 0.312 e. The Morgan fingerprint density at radius 3 is 2.42 bits per heavy atom. The molecule has 5 nitrogen and oxygen atoms in total. The number of hydrogen-bond donors (Lipinski definition) is 2. The number of halogens is 2. The van der Waals surface area contributed by atoms with Crippen molar-refractivity contribution in [3.8, 4) is 11.3 Å². The van der Waals surface area contributed by atoms with Crippen molar-refractivity contribution < 1.29 is 19.1 Å². The molecule has 0 saturated carbocycles. The van der Waals surface area contributed by atoms with Crippen LogP contribution in [0.15, 0.2) is 77.3 Å². The molecule has 3 aromatic carbocycles. The van der Waals surface area contributed by atoms with E-state index in [1.54, 1.807) is 0 Å². The lowest BCUT2D eigenvalue weighted by Crippen LogP contribution is -2.32. The first-order valence-corrected chi connectivity index (χ1v) is 11.1. The Kier molecular flexibility index (Phi) is 6.51. The number of aromatic nitrogens is 1. The maximum Gasteiger partial charge on any atom is 0.312 e. The van der Waals surface area contributed by atoms with Crippen LogP contribution in [0.3, 0.4) is 0 Å². The molecule has 0 bridgehead atoms. The third-order valence-electron chi connectivity index (χ3n) is 5.50. The average molecular weight is 507 g/mol. The van der Waals surface area contributed by atoms with Gasteiger partial charge in [-0.1, -0.05) is 58.4 Å². The molecule has 0 aliphatic rings. The molecule has 2 N–H and O–H groups in total. The number of rotatable bonds is 6. The Hall–Kier alpha value is -3.58. The van der Waals surface area contributed by atoms with Crippen molar-refractivity contribution in [2.75, 3.05) is 6.54 Å². The number of fused-ring (bicyclic) bond motifs is 1. The van der Waals surface area contributed by atoms with Crippen LogP contribution in [0.4, 0.5) is 4.39 Å². The second kappa shape index (κ2) is 9.50. The summed E-state index contributed by atoms with van der Waals surface area (Å²) in [5.41, 5.74) is 3.75. The summed E-state index contributed by atoms with van der Waals surface area (Å²) in [5.74, 6) is -2.97. The monoisotopic (exact) mass is 506 g/mol. The number of hydrogen-bond acceptors (Lipinski definition) is 3. The summed E-state index contributed by atoms with van der Waals surface area (Å²) < 4.78 is 14.1. The van der Waals surface area contributed by atoms with E-state index >= 15 is 0 Å². The zero-order chi connectivity index (χ0) is 23.5. The van der Waals surface area contributed by atoms with Gasteiger partial charge in [-0.15, -0.1) is 0 Å². The molecular weight excluding hydrogens is 487 g/mol. The maximum absolute atomic E-state index is 13.4. The van der Waals surface area contributed by atoms with Crippen LogP contribution in [0.25, 0.3) is 22.2 Å². The minimum absolute atomic E-state index is 0.141. The fourth-order valence-corrected chi connectivity index (χ4v) is 4.19. The number of carbonyl (C=O) groups is 2. The summed E-state index contributed by atoms with van der Waals surface area (Å²) in [4.78, 5) is 30.0. The SMILES string of the molecule is Cc1c(-c2ccccc2)nc2ccc(Br)cc2c1C(=O)NCC(C(=O)O)c1ccc(F)cc1. The van der Waals surface area contributed by atoms with Gasteiger partial charge >= 0.3 is 5.97 Å². The fourth-order valence-electron chi connectivity index (χ4n) is 3.83. The highest BCUT2D eigenvalue weighted by molar-refractivity contribution is 9.10. The van der Waals surface area contributed by atoms with Crippen LogP contribution in [0.2, 0.25) is 0 Å². The van der Waals surface area contributed by atoms with E-state index in [9.17, 15) is 19.1 Å². The van der Waals surface area contributed by atoms with Crippen molar-refractivity contribution in [1.29, 1.82) is 0 Å². The van der Waals surface area contributed by atoms with Crippen molar-refractivity contribution in [3.05, 3.63) is 99.8 Å². The van der Waals surface area contributed by atoms with E-state index in [0.29, 0.717) is 33.3 Å². The predicted octanol–water partition coefficient (Wildman–Crippen LogP) is 5.71. The second-order valence-electron chi connectivity index (χ2n) is 7.64. The molecule has 7 heteroatoms. The summed E-state index contributed by atoms with van der Waals surface area (Å²) in [5, 5.41) is 13.1. The van der Waals surface area contributed by atoms with E-state index in [1.807, 2.05) is 55.5 Å². The lowest BCUT2D eigenvalue weighted by Gasteiger charge is -2.17. The lowest BCUT2D eigenvalue weighted by atomic mass is 9.96. The maximum atomic E-state index is 13.4. The van der Waals surface area contributed by atoms with Gasteiger partial charge in [0.05, 0.1) is 22.7 Å². The van der Waals surface area contributed by atoms with Crippen LogP contribution in [-0.2, 0) is 4.79 Å². The summed E-state index contributed by atoms with van der Waals surface area (Å²) >= 11 is 3.45. The molecule has 4 rings (SSSR count). The van der Waals surface area contributed by atoms with E-state index < -0.39 is 23.6 Å². The number of carboxylic acid groups (broad SMARTS) is 1. The Balaban J connectivity index is 1.73. The highest BCUT2D eigenvalue weighted by Crippen LogP contribution is 2.31. The molecule has 4 aromatic rings. The summed E-state index contributed by atoms with van der Waals surface area (Å²) in [7, 11) is 0. The molecule has 0 radical (unpaired) electrons. The molecule has 33 heavy (non-hydrogen) atoms. The number of carbonyl (C=O) groups excluding carboxylic acids is 1. The average Bonchev–Trinajstić information content (AvgIpc) is 2.80. The predicted molar refractivity (Wildman–Crippen MR) is 129 cm³/mol. The molecule has 0 fully saturated rings. The minimum Gasteiger partial charge on any atom is -0.481 e. The third-order valence-corrected chi connectivity index (χ3v) is 6.00. The van der Waals surface area contributed by atoms with E-state index in [2.05, 4.69) is 21.2 Å². The highest BCUT2D eigenvalue weighted by Gasteiger charge is 2.24. The molecule has 0 spiro atoms. The van der Waals surface area contributed by atoms with E-state index in [0.717, 1.165) is 10.0 Å². The number of pyridine rings is 1. The first-order valence-electron chi connectivity index (χ1n) is 10.3. The lowest BCUT2D eigenvalue weighted by molar-refractivity contribution is -0.138. The van der Waals surface area contributed by atoms with Crippen molar-refractivity contribution in [3.63, 3.8) is 0 Å². The molecule has 0 aliphatic carbocycles. The molecule has 1 heterocycles. The summed E-state index contributed by atoms with van der Waals surface area (Å²) in [6.07, 6.45) is 0. The second-order valence-corrected chi connectivity index (χ2v) is 8.56. The molecule has 166 valence electrons. The van der Waals surface area contributed by atoms with Crippen LogP contribution in [0, 0.1) is 12.7 Å². The molecular formula is C26H20BrFN2O3. The molecule has 1 amide bonds. The van der Waals surface area contributed by atoms with Gasteiger partial charge in [-0.25, -0.2) is 9.37 Å². The molecule has 0 saturated heterocycles. The third kappa shape index (κ3) is 4.78. The number of nitrogens with one attached hydrogen (secondary N) is 1. The Labute approximate surface area is 198 Å². The van der Waals surface area contributed by atoms with E-state index in [4.69, 9.17) is 4.98 Å². The molecule has 0 aliphatic heterocycles. The number of aliphatic carboxylic acids is 1. The number of amides is 1. The van der Waals surface area contributed by atoms with Crippen LogP contribution in [-0.4, -0.2) is 28.5 Å². The number of benzene rings is 3. The first kappa shape index (κ1) is 22.6. The highest BCUT2D eigenvalue weighted by atomic mass is 79.9. The van der Waals surface area contributed by atoms with Gasteiger partial charge in [0.25, 0.3) is 5.91 Å². The van der Waals surface area contributed by atoms with Gasteiger partial charge in [0.2, 0.25) is 0 Å². The Bertz CT molecular complexity index is 1340. The molecule has 1 atom stereocenters. The quantitative estimate of drug-likeness (QED) is 0.351. The zero-order valence-corrected chi connectivity index (χ0v) is 19.3. The van der Waals surface area contributed by atoms with Gasteiger partial charge in [-0.2, -0.15) is 0 Å². The van der Waals surface area contributed by atoms with Gasteiger partial charge in [0.1, 0.15) is 5.82 Å². The molecule has 1 unspecified atom stereocenters. The largest absolute Gasteiger partial charge is 0.481 e.